The number of hydrogen-bond donors (Lipinski definition) is 0. The quantitative estimate of drug-likeness (QED) is 0.442. The molecule has 0 aliphatic heterocycles. The van der Waals surface area contributed by atoms with E-state index in [1.165, 1.54) is 0 Å². The molecule has 0 bridgehead atoms. The van der Waals surface area contributed by atoms with E-state index in [1.54, 1.807) is 0 Å². The number of hydrogen-bond acceptors (Lipinski definition) is 0. The average molecular weight is 369 g/mol. The van der Waals surface area contributed by atoms with E-state index in [2.05, 4.69) is 0 Å². The maximum absolute atomic E-state index is 10.3. The van der Waals surface area contributed by atoms with Crippen LogP contribution < -0.4 is 0 Å². The second-order valence-corrected chi connectivity index (χ2v) is 2.83. The van der Waals surface area contributed by atoms with Crippen molar-refractivity contribution in [2.24, 2.45) is 0 Å². The standard InChI is InChI=1S/2CF3Se.Ge/c2*2-1(3,4)5;. The molecule has 0 nitrogen and oxygen atoms in total. The molecule has 6 radical (unpaired) electrons. The summed E-state index contributed by atoms with van der Waals surface area (Å²) >= 11 is 1.96. The van der Waals surface area contributed by atoms with Crippen LogP contribution in [0.15, 0.2) is 0 Å². The van der Waals surface area contributed by atoms with Gasteiger partial charge in [0.25, 0.3) is 0 Å². The summed E-state index contributed by atoms with van der Waals surface area (Å²) < 4.78 is 61.8. The number of alkyl halides is 6. The Morgan fingerprint density at radius 3 is 0.636 bits per heavy atom. The van der Waals surface area contributed by atoms with E-state index >= 15 is 0 Å². The molecule has 0 rings (SSSR count). The van der Waals surface area contributed by atoms with E-state index in [0.717, 1.165) is 32.0 Å². The molecule has 0 aromatic heterocycles. The van der Waals surface area contributed by atoms with E-state index in [-0.39, 0.29) is 17.6 Å². The first-order valence-corrected chi connectivity index (χ1v) is 3.26. The minimum absolute atomic E-state index is 0. The van der Waals surface area contributed by atoms with Gasteiger partial charge in [0.15, 0.2) is 0 Å². The van der Waals surface area contributed by atoms with Crippen molar-refractivity contribution in [2.45, 2.75) is 10.1 Å². The van der Waals surface area contributed by atoms with Crippen molar-refractivity contribution in [3.8, 4) is 0 Å². The molecule has 0 aromatic carbocycles. The summed E-state index contributed by atoms with van der Waals surface area (Å²) in [6.45, 7) is 0. The van der Waals surface area contributed by atoms with Gasteiger partial charge < -0.3 is 0 Å². The minimum Gasteiger partial charge on any atom is 0 e. The Bertz CT molecular complexity index is 61.6. The molecule has 0 heterocycles. The first-order valence-electron chi connectivity index (χ1n) is 1.54. The molecule has 0 unspecified atom stereocenters. The van der Waals surface area contributed by atoms with Crippen LogP contribution in [-0.4, -0.2) is 59.8 Å². The van der Waals surface area contributed by atoms with Gasteiger partial charge in [-0.05, 0) is 0 Å². The normalized spacial score (nSPS) is 10.9. The summed E-state index contributed by atoms with van der Waals surface area (Å²) in [5, 5.41) is -8.25. The summed E-state index contributed by atoms with van der Waals surface area (Å²) in [7, 11) is 0. The smallest absolute Gasteiger partial charge is 0 e. The van der Waals surface area contributed by atoms with E-state index in [1.807, 2.05) is 0 Å². The Morgan fingerprint density at radius 1 is 0.636 bits per heavy atom. The summed E-state index contributed by atoms with van der Waals surface area (Å²) in [5.41, 5.74) is 0. The first kappa shape index (κ1) is 18.1. The van der Waals surface area contributed by atoms with Crippen LogP contribution in [0.5, 0.6) is 0 Å². The predicted molar refractivity (Wildman–Crippen MR) is 29.4 cm³/mol. The summed E-state index contributed by atoms with van der Waals surface area (Å²) in [6, 6.07) is 0. The Morgan fingerprint density at radius 2 is 0.636 bits per heavy atom. The largest absolute Gasteiger partial charge is 0 e. The van der Waals surface area contributed by atoms with Crippen molar-refractivity contribution in [3.63, 3.8) is 0 Å². The molecule has 0 aliphatic carbocycles. The van der Waals surface area contributed by atoms with Crippen molar-refractivity contribution in [3.05, 3.63) is 0 Å². The van der Waals surface area contributed by atoms with Crippen LogP contribution in [0.3, 0.4) is 0 Å². The topological polar surface area (TPSA) is 0 Å². The fourth-order valence-electron chi connectivity index (χ4n) is 0. The Kier molecular flexibility index (Phi) is 10.9. The van der Waals surface area contributed by atoms with Crippen molar-refractivity contribution in [1.82, 2.24) is 0 Å². The van der Waals surface area contributed by atoms with Gasteiger partial charge in [-0.2, -0.15) is 0 Å². The maximum atomic E-state index is 10.3. The second kappa shape index (κ2) is 6.65. The average Bonchev–Trinajstić information content (AvgIpc) is 1.12. The number of rotatable bonds is 0. The van der Waals surface area contributed by atoms with Crippen LogP contribution in [0.1, 0.15) is 0 Å². The zero-order valence-corrected chi connectivity index (χ0v) is 10.1. The van der Waals surface area contributed by atoms with Gasteiger partial charge in [-0.1, -0.05) is 0 Å². The van der Waals surface area contributed by atoms with Crippen LogP contribution in [0, 0.1) is 0 Å². The van der Waals surface area contributed by atoms with Crippen LogP contribution in [-0.2, 0) is 0 Å². The second-order valence-electron chi connectivity index (χ2n) is 0.891. The zero-order valence-electron chi connectivity index (χ0n) is 4.58. The van der Waals surface area contributed by atoms with Gasteiger partial charge in [-0.15, -0.1) is 0 Å². The molecule has 11 heavy (non-hydrogen) atoms. The molecule has 0 fully saturated rings. The Hall–Kier alpha value is 1.16. The van der Waals surface area contributed by atoms with Crippen LogP contribution in [0.4, 0.5) is 26.3 Å². The van der Waals surface area contributed by atoms with Crippen LogP contribution in [0.25, 0.3) is 0 Å². The summed E-state index contributed by atoms with van der Waals surface area (Å²) in [5.74, 6) is 0. The maximum Gasteiger partial charge on any atom is 0 e. The third-order valence-electron chi connectivity index (χ3n) is 0. The van der Waals surface area contributed by atoms with Gasteiger partial charge in [-0.25, -0.2) is 0 Å². The monoisotopic (exact) mass is 372 g/mol. The fourth-order valence-corrected chi connectivity index (χ4v) is 0. The van der Waals surface area contributed by atoms with Gasteiger partial charge >= 0.3 is 68.5 Å². The van der Waals surface area contributed by atoms with Gasteiger partial charge in [0, 0.05) is 17.6 Å². The third kappa shape index (κ3) is 694. The molecule has 0 spiro atoms. The van der Waals surface area contributed by atoms with Gasteiger partial charge in [0.05, 0.1) is 0 Å². The molecule has 0 atom stereocenters. The summed E-state index contributed by atoms with van der Waals surface area (Å²) in [6.07, 6.45) is 0. The fraction of sp³-hybridized carbons (Fsp3) is 1.00. The van der Waals surface area contributed by atoms with E-state index < -0.39 is 10.1 Å². The molecule has 0 aliphatic rings. The van der Waals surface area contributed by atoms with E-state index in [0.29, 0.717) is 0 Å². The van der Waals surface area contributed by atoms with Crippen LogP contribution in [0.2, 0.25) is 0 Å². The van der Waals surface area contributed by atoms with Gasteiger partial charge in [-0.3, -0.25) is 0 Å². The van der Waals surface area contributed by atoms with Gasteiger partial charge in [0.1, 0.15) is 0 Å². The third-order valence-corrected chi connectivity index (χ3v) is 0. The molecule has 9 heteroatoms. The molecule has 66 valence electrons. The Balaban J connectivity index is -0.000000107. The molecule has 0 saturated heterocycles. The Labute approximate surface area is 86.1 Å². The predicted octanol–water partition coefficient (Wildman–Crippen LogP) is 0.969. The molecular weight excluding hydrogens is 369 g/mol. The molecular formula is C2F6GeSe2. The molecule has 0 saturated carbocycles. The molecule has 0 amide bonds. The van der Waals surface area contributed by atoms with Gasteiger partial charge in [0.2, 0.25) is 0 Å². The van der Waals surface area contributed by atoms with E-state index in [4.69, 9.17) is 0 Å². The molecule has 0 aromatic rings. The van der Waals surface area contributed by atoms with Crippen molar-refractivity contribution in [2.75, 3.05) is 0 Å². The van der Waals surface area contributed by atoms with E-state index in [9.17, 15) is 26.3 Å². The zero-order chi connectivity index (χ0) is 9.00. The van der Waals surface area contributed by atoms with Crippen molar-refractivity contribution >= 4 is 49.6 Å². The van der Waals surface area contributed by atoms with Crippen molar-refractivity contribution < 1.29 is 26.3 Å². The molecule has 0 N–H and O–H groups in total. The van der Waals surface area contributed by atoms with Crippen LogP contribution >= 0.6 is 0 Å². The first-order chi connectivity index (χ1) is 4.00. The number of halogens is 6. The minimum atomic E-state index is -4.12. The summed E-state index contributed by atoms with van der Waals surface area (Å²) in [4.78, 5) is 0. The van der Waals surface area contributed by atoms with Crippen molar-refractivity contribution in [1.29, 1.82) is 0 Å². The SMILES string of the molecule is FC(F)(F)[Se].FC(F)(F)[Se].[Ge].